The minimum atomic E-state index is -3.02. The first-order valence-corrected chi connectivity index (χ1v) is 8.01. The number of rotatable bonds is 8. The molecule has 3 rings (SSSR count). The summed E-state index contributed by atoms with van der Waals surface area (Å²) in [5, 5.41) is 20.0. The average molecular weight is 410 g/mol. The highest BCUT2D eigenvalue weighted by Gasteiger charge is 2.20. The molecule has 3 aromatic rings. The number of nitrogen functional groups attached to an aromatic ring is 1. The van der Waals surface area contributed by atoms with E-state index in [0.29, 0.717) is 0 Å². The Morgan fingerprint density at radius 2 is 2.03 bits per heavy atom. The summed E-state index contributed by atoms with van der Waals surface area (Å²) < 4.78 is 48.7. The van der Waals surface area contributed by atoms with Crippen LogP contribution in [0.5, 0.6) is 5.88 Å². The lowest BCUT2D eigenvalue weighted by Gasteiger charge is -2.11. The predicted molar refractivity (Wildman–Crippen MR) is 95.9 cm³/mol. The van der Waals surface area contributed by atoms with E-state index in [0.717, 1.165) is 12.1 Å². The van der Waals surface area contributed by atoms with Crippen LogP contribution in [0.25, 0.3) is 0 Å². The monoisotopic (exact) mass is 410 g/mol. The summed E-state index contributed by atoms with van der Waals surface area (Å²) in [6.45, 7) is 0.0245. The lowest BCUT2D eigenvalue weighted by atomic mass is 10.2. The maximum atomic E-state index is 13.3. The highest BCUT2D eigenvalue weighted by atomic mass is 19.3. The van der Waals surface area contributed by atoms with E-state index in [1.807, 2.05) is 0 Å². The van der Waals surface area contributed by atoms with Gasteiger partial charge in [0.2, 0.25) is 5.69 Å². The molecule has 10 nitrogen and oxygen atoms in total. The zero-order valence-electron chi connectivity index (χ0n) is 14.5. The SMILES string of the molecule is N=C(Nc1ccc(F)c(C(F)F)c1)c1nonc1OCCNc1c(N)c(=O)c1=O. The zero-order valence-corrected chi connectivity index (χ0v) is 14.5. The van der Waals surface area contributed by atoms with E-state index in [1.54, 1.807) is 0 Å². The lowest BCUT2D eigenvalue weighted by Crippen LogP contribution is -2.37. The Labute approximate surface area is 159 Å². The van der Waals surface area contributed by atoms with E-state index in [-0.39, 0.29) is 41.8 Å². The summed E-state index contributed by atoms with van der Waals surface area (Å²) >= 11 is 0. The Morgan fingerprint density at radius 1 is 1.28 bits per heavy atom. The third kappa shape index (κ3) is 4.02. The van der Waals surface area contributed by atoms with Gasteiger partial charge in [-0.3, -0.25) is 15.0 Å². The molecule has 13 heteroatoms. The van der Waals surface area contributed by atoms with E-state index in [4.69, 9.17) is 15.9 Å². The molecule has 5 N–H and O–H groups in total. The fraction of sp³-hybridized carbons (Fsp3) is 0.188. The Morgan fingerprint density at radius 3 is 2.72 bits per heavy atom. The Balaban J connectivity index is 1.59. The first-order chi connectivity index (χ1) is 13.8. The fourth-order valence-electron chi connectivity index (χ4n) is 2.33. The van der Waals surface area contributed by atoms with Crippen LogP contribution in [0.4, 0.5) is 30.2 Å². The Bertz CT molecular complexity index is 1120. The number of anilines is 3. The van der Waals surface area contributed by atoms with Crippen LogP contribution in [0.2, 0.25) is 0 Å². The number of hydrogen-bond donors (Lipinski definition) is 4. The van der Waals surface area contributed by atoms with Crippen molar-refractivity contribution in [2.75, 3.05) is 29.5 Å². The maximum Gasteiger partial charge on any atom is 0.287 e. The number of ether oxygens (including phenoxy) is 1. The molecule has 0 unspecified atom stereocenters. The van der Waals surface area contributed by atoms with Crippen LogP contribution in [0.1, 0.15) is 17.7 Å². The van der Waals surface area contributed by atoms with Crippen LogP contribution >= 0.6 is 0 Å². The molecule has 0 fully saturated rings. The Hall–Kier alpha value is -3.90. The van der Waals surface area contributed by atoms with Crippen molar-refractivity contribution in [2.24, 2.45) is 0 Å². The van der Waals surface area contributed by atoms with Gasteiger partial charge in [-0.25, -0.2) is 17.8 Å². The molecule has 0 saturated carbocycles. The van der Waals surface area contributed by atoms with Gasteiger partial charge in [0.05, 0.1) is 5.56 Å². The van der Waals surface area contributed by atoms with Crippen LogP contribution in [0, 0.1) is 11.2 Å². The first kappa shape index (κ1) is 19.9. The van der Waals surface area contributed by atoms with Crippen molar-refractivity contribution in [3.8, 4) is 5.88 Å². The van der Waals surface area contributed by atoms with Crippen LogP contribution in [0.15, 0.2) is 32.4 Å². The van der Waals surface area contributed by atoms with Crippen molar-refractivity contribution in [3.63, 3.8) is 0 Å². The van der Waals surface area contributed by atoms with Gasteiger partial charge < -0.3 is 21.1 Å². The molecule has 0 radical (unpaired) electrons. The molecule has 1 aromatic heterocycles. The Kier molecular flexibility index (Phi) is 5.47. The van der Waals surface area contributed by atoms with Crippen molar-refractivity contribution in [3.05, 3.63) is 55.7 Å². The summed E-state index contributed by atoms with van der Waals surface area (Å²) in [5.41, 5.74) is 2.77. The van der Waals surface area contributed by atoms with E-state index < -0.39 is 34.5 Å². The number of hydrogen-bond acceptors (Lipinski definition) is 9. The molecule has 0 aliphatic carbocycles. The molecular weight excluding hydrogens is 397 g/mol. The van der Waals surface area contributed by atoms with E-state index in [1.165, 1.54) is 6.07 Å². The molecule has 0 aliphatic rings. The minimum absolute atomic E-state index is 0.00217. The van der Waals surface area contributed by atoms with Crippen molar-refractivity contribution in [2.45, 2.75) is 6.43 Å². The van der Waals surface area contributed by atoms with Gasteiger partial charge in [0, 0.05) is 12.2 Å². The zero-order chi connectivity index (χ0) is 21.1. The largest absolute Gasteiger partial charge is 0.472 e. The second kappa shape index (κ2) is 8.00. The number of nitrogens with two attached hydrogens (primary N) is 1. The number of aromatic nitrogens is 2. The van der Waals surface area contributed by atoms with Gasteiger partial charge in [-0.05, 0) is 28.5 Å². The van der Waals surface area contributed by atoms with Crippen LogP contribution in [-0.2, 0) is 0 Å². The number of alkyl halides is 2. The molecule has 0 bridgehead atoms. The van der Waals surface area contributed by atoms with Gasteiger partial charge in [-0.2, -0.15) is 0 Å². The second-order valence-electron chi connectivity index (χ2n) is 5.68. The smallest absolute Gasteiger partial charge is 0.287 e. The molecule has 1 heterocycles. The maximum absolute atomic E-state index is 13.3. The summed E-state index contributed by atoms with van der Waals surface area (Å²) in [5.74, 6) is -1.65. The minimum Gasteiger partial charge on any atom is -0.472 e. The van der Waals surface area contributed by atoms with Gasteiger partial charge in [0.25, 0.3) is 23.2 Å². The number of halogens is 3. The summed E-state index contributed by atoms with van der Waals surface area (Å²) in [6.07, 6.45) is -3.02. The highest BCUT2D eigenvalue weighted by molar-refractivity contribution is 6.06. The standard InChI is InChI=1S/C16H13F3N6O4/c17-8-2-1-6(5-7(8)14(18)19)23-15(21)11-16(25-29-24-11)28-4-3-22-10-9(20)12(26)13(10)27/h1-2,5,14,22H,3-4,20H2,(H2,21,23). The quantitative estimate of drug-likeness (QED) is 0.186. The fourth-order valence-corrected chi connectivity index (χ4v) is 2.33. The topological polar surface area (TPSA) is 156 Å². The number of benzene rings is 1. The van der Waals surface area contributed by atoms with Crippen molar-refractivity contribution in [1.29, 1.82) is 5.41 Å². The third-order valence-electron chi connectivity index (χ3n) is 3.79. The molecule has 0 saturated heterocycles. The normalized spacial score (nSPS) is 11.0. The van der Waals surface area contributed by atoms with Crippen molar-refractivity contribution < 1.29 is 22.5 Å². The molecule has 0 atom stereocenters. The molecule has 0 amide bonds. The van der Waals surface area contributed by atoms with Gasteiger partial charge in [-0.1, -0.05) is 0 Å². The number of nitrogens with one attached hydrogen (secondary N) is 3. The van der Waals surface area contributed by atoms with Crippen LogP contribution < -0.4 is 32.0 Å². The third-order valence-corrected chi connectivity index (χ3v) is 3.79. The van der Waals surface area contributed by atoms with Gasteiger partial charge in [0.1, 0.15) is 23.8 Å². The second-order valence-corrected chi connectivity index (χ2v) is 5.68. The van der Waals surface area contributed by atoms with E-state index in [9.17, 15) is 22.8 Å². The summed E-state index contributed by atoms with van der Waals surface area (Å²) in [4.78, 5) is 22.3. The molecule has 152 valence electrons. The van der Waals surface area contributed by atoms with Crippen LogP contribution in [-0.4, -0.2) is 29.3 Å². The molecule has 29 heavy (non-hydrogen) atoms. The van der Waals surface area contributed by atoms with Crippen molar-refractivity contribution in [1.82, 2.24) is 10.3 Å². The average Bonchev–Trinajstić information content (AvgIpc) is 3.17. The molecule has 0 spiro atoms. The van der Waals surface area contributed by atoms with Crippen molar-refractivity contribution >= 4 is 22.9 Å². The van der Waals surface area contributed by atoms with E-state index in [2.05, 4.69) is 25.6 Å². The number of nitrogens with zero attached hydrogens (tertiary/aromatic N) is 2. The number of amidine groups is 1. The first-order valence-electron chi connectivity index (χ1n) is 8.01. The summed E-state index contributed by atoms with van der Waals surface area (Å²) in [6, 6.07) is 2.87. The summed E-state index contributed by atoms with van der Waals surface area (Å²) in [7, 11) is 0. The molecular formula is C16H13F3N6O4. The predicted octanol–water partition coefficient (Wildman–Crippen LogP) is 1.25. The van der Waals surface area contributed by atoms with Gasteiger partial charge >= 0.3 is 0 Å². The van der Waals surface area contributed by atoms with Gasteiger partial charge in [0.15, 0.2) is 5.84 Å². The van der Waals surface area contributed by atoms with Gasteiger partial charge in [-0.15, -0.1) is 0 Å². The lowest BCUT2D eigenvalue weighted by molar-refractivity contribution is 0.146. The molecule has 0 aliphatic heterocycles. The highest BCUT2D eigenvalue weighted by Crippen LogP contribution is 2.25. The van der Waals surface area contributed by atoms with Crippen LogP contribution in [0.3, 0.4) is 0 Å². The van der Waals surface area contributed by atoms with E-state index >= 15 is 0 Å². The molecule has 2 aromatic carbocycles.